The standard InChI is InChI=1S/C10H19N3O2/c1-9-6-12-13(8-9)5-4-11-7-10(14-2)15-3/h6,8,10-11H,4-5,7H2,1-3H3. The smallest absolute Gasteiger partial charge is 0.169 e. The molecule has 0 amide bonds. The van der Waals surface area contributed by atoms with E-state index in [0.29, 0.717) is 6.54 Å². The Bertz CT molecular complexity index is 271. The molecule has 0 aliphatic carbocycles. The summed E-state index contributed by atoms with van der Waals surface area (Å²) in [5.41, 5.74) is 1.18. The zero-order valence-corrected chi connectivity index (χ0v) is 9.56. The average Bonchev–Trinajstić information content (AvgIpc) is 2.65. The second kappa shape index (κ2) is 6.55. The van der Waals surface area contributed by atoms with Gasteiger partial charge in [0.2, 0.25) is 0 Å². The first-order chi connectivity index (χ1) is 7.26. The monoisotopic (exact) mass is 213 g/mol. The van der Waals surface area contributed by atoms with Crippen molar-refractivity contribution in [1.82, 2.24) is 15.1 Å². The van der Waals surface area contributed by atoms with Crippen molar-refractivity contribution in [2.45, 2.75) is 19.8 Å². The normalized spacial score (nSPS) is 11.2. The molecule has 0 atom stereocenters. The predicted octanol–water partition coefficient (Wildman–Crippen LogP) is 0.400. The third kappa shape index (κ3) is 4.42. The molecule has 0 aromatic carbocycles. The van der Waals surface area contributed by atoms with E-state index in [2.05, 4.69) is 10.4 Å². The first-order valence-corrected chi connectivity index (χ1v) is 5.01. The Morgan fingerprint density at radius 1 is 1.47 bits per heavy atom. The Morgan fingerprint density at radius 2 is 2.20 bits per heavy atom. The van der Waals surface area contributed by atoms with Gasteiger partial charge >= 0.3 is 0 Å². The molecule has 0 aliphatic heterocycles. The minimum atomic E-state index is -0.177. The molecular formula is C10H19N3O2. The summed E-state index contributed by atoms with van der Waals surface area (Å²) in [6, 6.07) is 0. The van der Waals surface area contributed by atoms with E-state index in [1.807, 2.05) is 24.0 Å². The number of nitrogens with zero attached hydrogens (tertiary/aromatic N) is 2. The quantitative estimate of drug-likeness (QED) is 0.526. The van der Waals surface area contributed by atoms with Gasteiger partial charge < -0.3 is 14.8 Å². The maximum Gasteiger partial charge on any atom is 0.169 e. The van der Waals surface area contributed by atoms with Crippen molar-refractivity contribution in [1.29, 1.82) is 0 Å². The van der Waals surface area contributed by atoms with Crippen LogP contribution in [0.15, 0.2) is 12.4 Å². The van der Waals surface area contributed by atoms with E-state index >= 15 is 0 Å². The Labute approximate surface area is 90.4 Å². The Balaban J connectivity index is 2.11. The van der Waals surface area contributed by atoms with Gasteiger partial charge in [-0.15, -0.1) is 0 Å². The van der Waals surface area contributed by atoms with Gasteiger partial charge in [-0.3, -0.25) is 4.68 Å². The fraction of sp³-hybridized carbons (Fsp3) is 0.700. The lowest BCUT2D eigenvalue weighted by Gasteiger charge is -2.13. The summed E-state index contributed by atoms with van der Waals surface area (Å²) in [4.78, 5) is 0. The van der Waals surface area contributed by atoms with Crippen LogP contribution < -0.4 is 5.32 Å². The van der Waals surface area contributed by atoms with Crippen LogP contribution in [-0.4, -0.2) is 43.4 Å². The highest BCUT2D eigenvalue weighted by molar-refractivity contribution is 4.99. The zero-order chi connectivity index (χ0) is 11.1. The molecule has 1 rings (SSSR count). The van der Waals surface area contributed by atoms with E-state index in [0.717, 1.165) is 13.1 Å². The summed E-state index contributed by atoms with van der Waals surface area (Å²) in [5.74, 6) is 0. The number of hydrogen-bond donors (Lipinski definition) is 1. The molecule has 1 aromatic heterocycles. The van der Waals surface area contributed by atoms with Crippen LogP contribution in [0.5, 0.6) is 0 Å². The van der Waals surface area contributed by atoms with E-state index < -0.39 is 0 Å². The highest BCUT2D eigenvalue weighted by Crippen LogP contribution is 1.93. The number of aromatic nitrogens is 2. The van der Waals surface area contributed by atoms with Crippen molar-refractivity contribution in [3.8, 4) is 0 Å². The second-order valence-electron chi connectivity index (χ2n) is 3.39. The Morgan fingerprint density at radius 3 is 2.73 bits per heavy atom. The minimum Gasteiger partial charge on any atom is -0.355 e. The molecule has 0 unspecified atom stereocenters. The molecule has 0 saturated heterocycles. The number of aryl methyl sites for hydroxylation is 1. The van der Waals surface area contributed by atoms with Gasteiger partial charge in [0.1, 0.15) is 0 Å². The fourth-order valence-corrected chi connectivity index (χ4v) is 1.27. The third-order valence-corrected chi connectivity index (χ3v) is 2.12. The third-order valence-electron chi connectivity index (χ3n) is 2.12. The van der Waals surface area contributed by atoms with E-state index in [4.69, 9.17) is 9.47 Å². The topological polar surface area (TPSA) is 48.3 Å². The molecule has 0 fully saturated rings. The van der Waals surface area contributed by atoms with Crippen LogP contribution in [0.3, 0.4) is 0 Å². The van der Waals surface area contributed by atoms with Gasteiger partial charge in [0.05, 0.1) is 12.7 Å². The highest BCUT2D eigenvalue weighted by Gasteiger charge is 2.02. The number of methoxy groups -OCH3 is 2. The van der Waals surface area contributed by atoms with Crippen LogP contribution in [-0.2, 0) is 16.0 Å². The van der Waals surface area contributed by atoms with Gasteiger partial charge in [0.25, 0.3) is 0 Å². The van der Waals surface area contributed by atoms with Crippen LogP contribution in [0.1, 0.15) is 5.56 Å². The van der Waals surface area contributed by atoms with Gasteiger partial charge in [-0.05, 0) is 12.5 Å². The lowest BCUT2D eigenvalue weighted by atomic mass is 10.4. The maximum absolute atomic E-state index is 5.05. The molecule has 0 bridgehead atoms. The molecule has 1 heterocycles. The maximum atomic E-state index is 5.05. The first kappa shape index (κ1) is 12.2. The molecule has 0 radical (unpaired) electrons. The average molecular weight is 213 g/mol. The van der Waals surface area contributed by atoms with Crippen molar-refractivity contribution in [2.24, 2.45) is 0 Å². The summed E-state index contributed by atoms with van der Waals surface area (Å²) in [6.45, 7) is 4.42. The molecule has 86 valence electrons. The van der Waals surface area contributed by atoms with Gasteiger partial charge in [-0.25, -0.2) is 0 Å². The summed E-state index contributed by atoms with van der Waals surface area (Å²) in [5, 5.41) is 7.42. The SMILES string of the molecule is COC(CNCCn1cc(C)cn1)OC. The summed E-state index contributed by atoms with van der Waals surface area (Å²) < 4.78 is 12.0. The van der Waals surface area contributed by atoms with Crippen molar-refractivity contribution in [3.63, 3.8) is 0 Å². The second-order valence-corrected chi connectivity index (χ2v) is 3.39. The molecule has 0 spiro atoms. The van der Waals surface area contributed by atoms with E-state index in [1.165, 1.54) is 5.56 Å². The lowest BCUT2D eigenvalue weighted by Crippen LogP contribution is -2.31. The van der Waals surface area contributed by atoms with Gasteiger partial charge in [0.15, 0.2) is 6.29 Å². The molecule has 5 nitrogen and oxygen atoms in total. The largest absolute Gasteiger partial charge is 0.355 e. The Kier molecular flexibility index (Phi) is 5.31. The number of nitrogens with one attached hydrogen (secondary N) is 1. The van der Waals surface area contributed by atoms with Crippen LogP contribution in [0, 0.1) is 6.92 Å². The van der Waals surface area contributed by atoms with Gasteiger partial charge in [-0.1, -0.05) is 0 Å². The molecule has 1 aromatic rings. The van der Waals surface area contributed by atoms with Crippen molar-refractivity contribution < 1.29 is 9.47 Å². The molecule has 15 heavy (non-hydrogen) atoms. The minimum absolute atomic E-state index is 0.177. The highest BCUT2D eigenvalue weighted by atomic mass is 16.7. The van der Waals surface area contributed by atoms with Crippen molar-refractivity contribution in [3.05, 3.63) is 18.0 Å². The van der Waals surface area contributed by atoms with Crippen molar-refractivity contribution in [2.75, 3.05) is 27.3 Å². The number of hydrogen-bond acceptors (Lipinski definition) is 4. The molecule has 0 saturated carbocycles. The van der Waals surface area contributed by atoms with Crippen LogP contribution in [0.4, 0.5) is 0 Å². The van der Waals surface area contributed by atoms with E-state index in [1.54, 1.807) is 14.2 Å². The summed E-state index contributed by atoms with van der Waals surface area (Å²) in [7, 11) is 3.26. The van der Waals surface area contributed by atoms with Crippen molar-refractivity contribution >= 4 is 0 Å². The number of ether oxygens (including phenoxy) is 2. The first-order valence-electron chi connectivity index (χ1n) is 5.01. The molecule has 0 aliphatic rings. The predicted molar refractivity (Wildman–Crippen MR) is 57.6 cm³/mol. The molecular weight excluding hydrogens is 194 g/mol. The summed E-state index contributed by atoms with van der Waals surface area (Å²) >= 11 is 0. The fourth-order valence-electron chi connectivity index (χ4n) is 1.27. The van der Waals surface area contributed by atoms with Gasteiger partial charge in [-0.2, -0.15) is 5.10 Å². The van der Waals surface area contributed by atoms with Gasteiger partial charge in [0, 0.05) is 33.5 Å². The van der Waals surface area contributed by atoms with Crippen LogP contribution in [0.25, 0.3) is 0 Å². The Hall–Kier alpha value is -0.910. The van der Waals surface area contributed by atoms with Crippen LogP contribution in [0.2, 0.25) is 0 Å². The van der Waals surface area contributed by atoms with Crippen LogP contribution >= 0.6 is 0 Å². The molecule has 1 N–H and O–H groups in total. The van der Waals surface area contributed by atoms with E-state index in [9.17, 15) is 0 Å². The summed E-state index contributed by atoms with van der Waals surface area (Å²) in [6.07, 6.45) is 3.70. The zero-order valence-electron chi connectivity index (χ0n) is 9.56. The lowest BCUT2D eigenvalue weighted by molar-refractivity contribution is -0.0987. The number of rotatable bonds is 7. The van der Waals surface area contributed by atoms with E-state index in [-0.39, 0.29) is 6.29 Å². The molecule has 5 heteroatoms.